The Morgan fingerprint density at radius 3 is 2.23 bits per heavy atom. The smallest absolute Gasteiger partial charge is 0.100 e. The molecule has 0 aliphatic rings. The fourth-order valence-corrected chi connectivity index (χ4v) is 0.870. The molecule has 0 radical (unpaired) electrons. The summed E-state index contributed by atoms with van der Waals surface area (Å²) < 4.78 is 5.15. The fourth-order valence-electron chi connectivity index (χ4n) is 0.870. The first-order chi connectivity index (χ1) is 6.10. The average Bonchev–Trinajstić information content (AvgIpc) is 2.10. The molecule has 0 aromatic heterocycles. The van der Waals surface area contributed by atoms with Crippen molar-refractivity contribution in [1.29, 1.82) is 0 Å². The van der Waals surface area contributed by atoms with Crippen molar-refractivity contribution in [2.45, 2.75) is 12.2 Å². The fraction of sp³-hybridized carbons (Fsp3) is 1.00. The van der Waals surface area contributed by atoms with Crippen LogP contribution < -0.4 is 0 Å². The lowest BCUT2D eigenvalue weighted by atomic mass is 10.3. The summed E-state index contributed by atoms with van der Waals surface area (Å²) in [6.45, 7) is 0.237. The molecule has 5 nitrogen and oxygen atoms in total. The van der Waals surface area contributed by atoms with Gasteiger partial charge in [-0.15, -0.1) is 0 Å². The number of rotatable bonds is 7. The molecule has 2 unspecified atom stereocenters. The Hall–Kier alpha value is -0.200. The Morgan fingerprint density at radius 2 is 1.85 bits per heavy atom. The summed E-state index contributed by atoms with van der Waals surface area (Å²) in [5.41, 5.74) is 0. The highest BCUT2D eigenvalue weighted by atomic mass is 16.5. The van der Waals surface area contributed by atoms with E-state index < -0.39 is 6.10 Å². The topological polar surface area (TPSA) is 73.2 Å². The Bertz CT molecular complexity index is 121. The number of aliphatic hydroxyl groups is 3. The second-order valence-corrected chi connectivity index (χ2v) is 3.24. The second kappa shape index (κ2) is 7.23. The lowest BCUT2D eigenvalue weighted by Crippen LogP contribution is -2.34. The zero-order chi connectivity index (χ0) is 10.3. The summed E-state index contributed by atoms with van der Waals surface area (Å²) in [6, 6.07) is 0. The van der Waals surface area contributed by atoms with E-state index in [1.807, 2.05) is 19.0 Å². The number of hydrogen-bond donors (Lipinski definition) is 3. The van der Waals surface area contributed by atoms with E-state index in [9.17, 15) is 0 Å². The van der Waals surface area contributed by atoms with E-state index >= 15 is 0 Å². The minimum absolute atomic E-state index is 0.0512. The standard InChI is InChI=1S/C8H19NO4/c1-9(2)3-8(5-11)13-6-7(12)4-10/h7-8,10-12H,3-6H2,1-2H3. The first kappa shape index (κ1) is 12.8. The van der Waals surface area contributed by atoms with Gasteiger partial charge in [0.1, 0.15) is 6.10 Å². The summed E-state index contributed by atoms with van der Waals surface area (Å²) in [4.78, 5) is 1.88. The predicted molar refractivity (Wildman–Crippen MR) is 48.5 cm³/mol. The summed E-state index contributed by atoms with van der Waals surface area (Å²) >= 11 is 0. The maximum Gasteiger partial charge on any atom is 0.100 e. The van der Waals surface area contributed by atoms with Crippen molar-refractivity contribution in [2.24, 2.45) is 0 Å². The molecular weight excluding hydrogens is 174 g/mol. The summed E-state index contributed by atoms with van der Waals surface area (Å²) in [7, 11) is 3.74. The highest BCUT2D eigenvalue weighted by Gasteiger charge is 2.11. The van der Waals surface area contributed by atoms with Gasteiger partial charge in [0, 0.05) is 6.54 Å². The van der Waals surface area contributed by atoms with Crippen LogP contribution in [-0.2, 0) is 4.74 Å². The lowest BCUT2D eigenvalue weighted by Gasteiger charge is -2.20. The maximum absolute atomic E-state index is 8.97. The number of hydrogen-bond acceptors (Lipinski definition) is 5. The van der Waals surface area contributed by atoms with Crippen LogP contribution in [0.5, 0.6) is 0 Å². The van der Waals surface area contributed by atoms with Crippen LogP contribution in [0.15, 0.2) is 0 Å². The van der Waals surface area contributed by atoms with Crippen LogP contribution in [0.1, 0.15) is 0 Å². The molecule has 0 saturated heterocycles. The van der Waals surface area contributed by atoms with E-state index in [-0.39, 0.29) is 25.9 Å². The second-order valence-electron chi connectivity index (χ2n) is 3.24. The minimum atomic E-state index is -0.865. The molecule has 0 spiro atoms. The molecule has 0 fully saturated rings. The maximum atomic E-state index is 8.97. The molecule has 0 amide bonds. The van der Waals surface area contributed by atoms with Gasteiger partial charge in [-0.25, -0.2) is 0 Å². The normalized spacial score (nSPS) is 16.2. The molecule has 0 aliphatic carbocycles. The third-order valence-electron chi connectivity index (χ3n) is 1.51. The van der Waals surface area contributed by atoms with Crippen LogP contribution >= 0.6 is 0 Å². The third-order valence-corrected chi connectivity index (χ3v) is 1.51. The first-order valence-electron chi connectivity index (χ1n) is 4.26. The van der Waals surface area contributed by atoms with Gasteiger partial charge in [-0.05, 0) is 14.1 Å². The van der Waals surface area contributed by atoms with Crippen LogP contribution in [0.4, 0.5) is 0 Å². The molecule has 5 heteroatoms. The zero-order valence-electron chi connectivity index (χ0n) is 8.18. The van der Waals surface area contributed by atoms with Gasteiger partial charge in [-0.1, -0.05) is 0 Å². The van der Waals surface area contributed by atoms with Gasteiger partial charge >= 0.3 is 0 Å². The van der Waals surface area contributed by atoms with Gasteiger partial charge in [-0.2, -0.15) is 0 Å². The molecule has 0 saturated carbocycles. The van der Waals surface area contributed by atoms with Crippen molar-refractivity contribution in [1.82, 2.24) is 4.90 Å². The van der Waals surface area contributed by atoms with Crippen molar-refractivity contribution >= 4 is 0 Å². The Labute approximate surface area is 78.5 Å². The van der Waals surface area contributed by atoms with Gasteiger partial charge in [0.2, 0.25) is 0 Å². The zero-order valence-corrected chi connectivity index (χ0v) is 8.18. The molecule has 3 N–H and O–H groups in total. The van der Waals surface area contributed by atoms with Gasteiger partial charge in [0.15, 0.2) is 0 Å². The van der Waals surface area contributed by atoms with E-state index in [1.54, 1.807) is 0 Å². The van der Waals surface area contributed by atoms with Crippen molar-refractivity contribution < 1.29 is 20.1 Å². The molecular formula is C8H19NO4. The highest BCUT2D eigenvalue weighted by Crippen LogP contribution is 1.95. The summed E-state index contributed by atoms with van der Waals surface area (Å²) in [6.07, 6.45) is -1.17. The molecule has 0 aromatic carbocycles. The van der Waals surface area contributed by atoms with Gasteiger partial charge in [0.25, 0.3) is 0 Å². The molecule has 80 valence electrons. The molecule has 0 bridgehead atoms. The minimum Gasteiger partial charge on any atom is -0.394 e. The van der Waals surface area contributed by atoms with Gasteiger partial charge in [0.05, 0.1) is 25.9 Å². The molecule has 13 heavy (non-hydrogen) atoms. The number of likely N-dealkylation sites (N-methyl/N-ethyl adjacent to an activating group) is 1. The van der Waals surface area contributed by atoms with Gasteiger partial charge in [-0.3, -0.25) is 0 Å². The van der Waals surface area contributed by atoms with E-state index in [4.69, 9.17) is 20.1 Å². The van der Waals surface area contributed by atoms with Crippen LogP contribution in [0.2, 0.25) is 0 Å². The lowest BCUT2D eigenvalue weighted by molar-refractivity contribution is -0.0526. The van der Waals surface area contributed by atoms with Crippen LogP contribution in [0.3, 0.4) is 0 Å². The SMILES string of the molecule is CN(C)CC(CO)OCC(O)CO. The van der Waals surface area contributed by atoms with E-state index in [2.05, 4.69) is 0 Å². The monoisotopic (exact) mass is 193 g/mol. The molecule has 2 atom stereocenters. The Morgan fingerprint density at radius 1 is 1.23 bits per heavy atom. The van der Waals surface area contributed by atoms with Crippen molar-refractivity contribution in [3.8, 4) is 0 Å². The van der Waals surface area contributed by atoms with E-state index in [0.29, 0.717) is 6.54 Å². The van der Waals surface area contributed by atoms with Crippen LogP contribution in [0.25, 0.3) is 0 Å². The van der Waals surface area contributed by atoms with Gasteiger partial charge < -0.3 is 25.0 Å². The molecule has 0 aromatic rings. The molecule has 0 aliphatic heterocycles. The van der Waals surface area contributed by atoms with Crippen LogP contribution in [0, 0.1) is 0 Å². The largest absolute Gasteiger partial charge is 0.394 e. The molecule has 0 rings (SSSR count). The summed E-state index contributed by atoms with van der Waals surface area (Å²) in [5, 5.41) is 26.3. The number of aliphatic hydroxyl groups excluding tert-OH is 3. The van der Waals surface area contributed by atoms with Crippen molar-refractivity contribution in [3.05, 3.63) is 0 Å². The molecule has 0 heterocycles. The Kier molecular flexibility index (Phi) is 7.12. The summed E-state index contributed by atoms with van der Waals surface area (Å²) in [5.74, 6) is 0. The van der Waals surface area contributed by atoms with Crippen molar-refractivity contribution in [3.63, 3.8) is 0 Å². The van der Waals surface area contributed by atoms with E-state index in [1.165, 1.54) is 0 Å². The Balaban J connectivity index is 3.59. The third kappa shape index (κ3) is 6.92. The highest BCUT2D eigenvalue weighted by molar-refractivity contribution is 4.61. The van der Waals surface area contributed by atoms with Crippen LogP contribution in [-0.4, -0.2) is 72.9 Å². The predicted octanol–water partition coefficient (Wildman–Crippen LogP) is -1.72. The van der Waals surface area contributed by atoms with E-state index in [0.717, 1.165) is 0 Å². The number of ether oxygens (including phenoxy) is 1. The van der Waals surface area contributed by atoms with Crippen molar-refractivity contribution in [2.75, 3.05) is 40.5 Å². The first-order valence-corrected chi connectivity index (χ1v) is 4.26. The number of nitrogens with zero attached hydrogens (tertiary/aromatic N) is 1. The average molecular weight is 193 g/mol. The quantitative estimate of drug-likeness (QED) is 0.448.